The molecule has 0 bridgehead atoms. The number of hydrogen-bond donors (Lipinski definition) is 1. The molecule has 3 rings (SSSR count). The van der Waals surface area contributed by atoms with E-state index in [0.29, 0.717) is 11.1 Å². The summed E-state index contributed by atoms with van der Waals surface area (Å²) >= 11 is 6.23. The minimum absolute atomic E-state index is 0.236. The van der Waals surface area contributed by atoms with Gasteiger partial charge in [0.05, 0.1) is 11.6 Å². The highest BCUT2D eigenvalue weighted by Gasteiger charge is 2.24. The zero-order valence-electron chi connectivity index (χ0n) is 13.4. The lowest BCUT2D eigenvalue weighted by Gasteiger charge is -2.39. The average molecular weight is 335 g/mol. The first-order valence-corrected chi connectivity index (χ1v) is 8.42. The molecule has 23 heavy (non-hydrogen) atoms. The van der Waals surface area contributed by atoms with Crippen LogP contribution in [0.5, 0.6) is 0 Å². The summed E-state index contributed by atoms with van der Waals surface area (Å²) in [5.41, 5.74) is 0.928. The van der Waals surface area contributed by atoms with Crippen LogP contribution in [0, 0.1) is 0 Å². The van der Waals surface area contributed by atoms with Gasteiger partial charge in [-0.3, -0.25) is 4.90 Å². The quantitative estimate of drug-likeness (QED) is 0.912. The summed E-state index contributed by atoms with van der Waals surface area (Å²) in [6.45, 7) is 4.02. The molecule has 1 fully saturated rings. The van der Waals surface area contributed by atoms with Gasteiger partial charge in [-0.15, -0.1) is 0 Å². The molecule has 1 N–H and O–H groups in total. The standard InChI is InChI=1S/C18H23ClN2O2/c1-20-9-10-21(12-14(20)8-11-22)13-15-6-7-18(23-15)16-4-2-3-5-17(16)19/h2-7,14,22H,8-13H2,1H3/t14-/m0/s1. The Bertz CT molecular complexity index is 643. The van der Waals surface area contributed by atoms with Crippen LogP contribution >= 0.6 is 11.6 Å². The minimum Gasteiger partial charge on any atom is -0.460 e. The monoisotopic (exact) mass is 334 g/mol. The number of nitrogens with zero attached hydrogens (tertiary/aromatic N) is 2. The summed E-state index contributed by atoms with van der Waals surface area (Å²) in [6, 6.07) is 12.1. The van der Waals surface area contributed by atoms with E-state index < -0.39 is 0 Å². The van der Waals surface area contributed by atoms with Gasteiger partial charge in [0, 0.05) is 37.8 Å². The Morgan fingerprint density at radius 3 is 2.83 bits per heavy atom. The van der Waals surface area contributed by atoms with Crippen LogP contribution in [0.2, 0.25) is 5.02 Å². The molecule has 2 aromatic rings. The van der Waals surface area contributed by atoms with Gasteiger partial charge in [0.2, 0.25) is 0 Å². The van der Waals surface area contributed by atoms with Gasteiger partial charge in [0.15, 0.2) is 0 Å². The fourth-order valence-electron chi connectivity index (χ4n) is 3.10. The largest absolute Gasteiger partial charge is 0.460 e. The average Bonchev–Trinajstić information content (AvgIpc) is 2.99. The van der Waals surface area contributed by atoms with Crippen LogP contribution in [0.25, 0.3) is 11.3 Å². The van der Waals surface area contributed by atoms with Crippen LogP contribution in [-0.2, 0) is 6.54 Å². The summed E-state index contributed by atoms with van der Waals surface area (Å²) in [6.07, 6.45) is 0.816. The van der Waals surface area contributed by atoms with Crippen LogP contribution in [0.3, 0.4) is 0 Å². The molecule has 1 saturated heterocycles. The van der Waals surface area contributed by atoms with Gasteiger partial charge >= 0.3 is 0 Å². The number of halogens is 1. The topological polar surface area (TPSA) is 39.9 Å². The fraction of sp³-hybridized carbons (Fsp3) is 0.444. The Balaban J connectivity index is 1.66. The number of rotatable bonds is 5. The molecule has 0 unspecified atom stereocenters. The number of hydrogen-bond acceptors (Lipinski definition) is 4. The van der Waals surface area contributed by atoms with E-state index in [4.69, 9.17) is 16.0 Å². The predicted molar refractivity (Wildman–Crippen MR) is 92.6 cm³/mol. The molecule has 1 atom stereocenters. The predicted octanol–water partition coefficient (Wildman–Crippen LogP) is 3.10. The van der Waals surface area contributed by atoms with Crippen LogP contribution < -0.4 is 0 Å². The first kappa shape index (κ1) is 16.5. The van der Waals surface area contributed by atoms with Gasteiger partial charge in [0.25, 0.3) is 0 Å². The van der Waals surface area contributed by atoms with Crippen molar-refractivity contribution in [3.05, 3.63) is 47.2 Å². The van der Waals surface area contributed by atoms with Crippen molar-refractivity contribution in [3.8, 4) is 11.3 Å². The zero-order chi connectivity index (χ0) is 16.2. The number of aliphatic hydroxyl groups excluding tert-OH is 1. The molecule has 4 nitrogen and oxygen atoms in total. The first-order chi connectivity index (χ1) is 11.2. The fourth-order valence-corrected chi connectivity index (χ4v) is 3.33. The Morgan fingerprint density at radius 2 is 2.04 bits per heavy atom. The molecule has 0 radical (unpaired) electrons. The van der Waals surface area contributed by atoms with Gasteiger partial charge < -0.3 is 14.4 Å². The molecule has 1 aliphatic heterocycles. The van der Waals surface area contributed by atoms with Gasteiger partial charge in [0.1, 0.15) is 11.5 Å². The summed E-state index contributed by atoms with van der Waals surface area (Å²) in [7, 11) is 2.13. The molecular formula is C18H23ClN2O2. The smallest absolute Gasteiger partial charge is 0.135 e. The molecular weight excluding hydrogens is 312 g/mol. The summed E-state index contributed by atoms with van der Waals surface area (Å²) in [5.74, 6) is 1.76. The van der Waals surface area contributed by atoms with E-state index in [-0.39, 0.29) is 6.61 Å². The molecule has 1 aromatic heterocycles. The number of furan rings is 1. The summed E-state index contributed by atoms with van der Waals surface area (Å²) in [4.78, 5) is 4.71. The minimum atomic E-state index is 0.236. The van der Waals surface area contributed by atoms with Crippen molar-refractivity contribution >= 4 is 11.6 Å². The second-order valence-corrected chi connectivity index (χ2v) is 6.53. The van der Waals surface area contributed by atoms with Crippen LogP contribution in [-0.4, -0.2) is 54.2 Å². The van der Waals surface area contributed by atoms with Crippen LogP contribution in [0.1, 0.15) is 12.2 Å². The summed E-state index contributed by atoms with van der Waals surface area (Å²) < 4.78 is 5.99. The molecule has 0 spiro atoms. The zero-order valence-corrected chi connectivity index (χ0v) is 14.2. The molecule has 0 saturated carbocycles. The molecule has 0 amide bonds. The Kier molecular flexibility index (Phi) is 5.38. The number of likely N-dealkylation sites (N-methyl/N-ethyl adjacent to an activating group) is 1. The second kappa shape index (κ2) is 7.49. The molecule has 0 aliphatic carbocycles. The number of aliphatic hydroxyl groups is 1. The maximum absolute atomic E-state index is 9.19. The lowest BCUT2D eigenvalue weighted by molar-refractivity contribution is 0.0705. The third kappa shape index (κ3) is 3.96. The van der Waals surface area contributed by atoms with Crippen molar-refractivity contribution in [3.63, 3.8) is 0 Å². The van der Waals surface area contributed by atoms with E-state index in [0.717, 1.165) is 49.7 Å². The Labute approximate surface area is 142 Å². The molecule has 1 aliphatic rings. The molecule has 1 aromatic carbocycles. The molecule has 124 valence electrons. The highest BCUT2D eigenvalue weighted by Crippen LogP contribution is 2.29. The third-order valence-corrected chi connectivity index (χ3v) is 4.83. The van der Waals surface area contributed by atoms with E-state index >= 15 is 0 Å². The summed E-state index contributed by atoms with van der Waals surface area (Å²) in [5, 5.41) is 9.90. The van der Waals surface area contributed by atoms with Gasteiger partial charge in [-0.2, -0.15) is 0 Å². The SMILES string of the molecule is CN1CCN(Cc2ccc(-c3ccccc3Cl)o2)C[C@@H]1CCO. The maximum Gasteiger partial charge on any atom is 0.135 e. The molecule has 2 heterocycles. The van der Waals surface area contributed by atoms with Crippen molar-refractivity contribution in [1.29, 1.82) is 0 Å². The number of piperazine rings is 1. The van der Waals surface area contributed by atoms with Crippen LogP contribution in [0.4, 0.5) is 0 Å². The normalized spacial score (nSPS) is 20.0. The van der Waals surface area contributed by atoms with E-state index in [1.807, 2.05) is 36.4 Å². The third-order valence-electron chi connectivity index (χ3n) is 4.50. The van der Waals surface area contributed by atoms with Crippen molar-refractivity contribution < 1.29 is 9.52 Å². The van der Waals surface area contributed by atoms with Gasteiger partial charge in [-0.1, -0.05) is 23.7 Å². The van der Waals surface area contributed by atoms with E-state index in [9.17, 15) is 5.11 Å². The molecule has 5 heteroatoms. The van der Waals surface area contributed by atoms with Crippen molar-refractivity contribution in [2.24, 2.45) is 0 Å². The Hall–Kier alpha value is -1.33. The van der Waals surface area contributed by atoms with Gasteiger partial charge in [-0.25, -0.2) is 0 Å². The van der Waals surface area contributed by atoms with E-state index in [1.165, 1.54) is 0 Å². The van der Waals surface area contributed by atoms with Crippen molar-refractivity contribution in [2.75, 3.05) is 33.3 Å². The van der Waals surface area contributed by atoms with Crippen molar-refractivity contribution in [2.45, 2.75) is 19.0 Å². The number of benzene rings is 1. The maximum atomic E-state index is 9.19. The van der Waals surface area contributed by atoms with E-state index in [2.05, 4.69) is 16.8 Å². The van der Waals surface area contributed by atoms with Crippen LogP contribution in [0.15, 0.2) is 40.8 Å². The first-order valence-electron chi connectivity index (χ1n) is 8.04. The lowest BCUT2D eigenvalue weighted by Crippen LogP contribution is -2.51. The highest BCUT2D eigenvalue weighted by atomic mass is 35.5. The van der Waals surface area contributed by atoms with Crippen molar-refractivity contribution in [1.82, 2.24) is 9.80 Å². The second-order valence-electron chi connectivity index (χ2n) is 6.13. The Morgan fingerprint density at radius 1 is 1.22 bits per heavy atom. The lowest BCUT2D eigenvalue weighted by atomic mass is 10.1. The van der Waals surface area contributed by atoms with E-state index in [1.54, 1.807) is 0 Å². The highest BCUT2D eigenvalue weighted by molar-refractivity contribution is 6.33. The van der Waals surface area contributed by atoms with Gasteiger partial charge in [-0.05, 0) is 37.7 Å².